The van der Waals surface area contributed by atoms with E-state index in [2.05, 4.69) is 39.7 Å². The van der Waals surface area contributed by atoms with E-state index in [0.717, 1.165) is 37.0 Å². The summed E-state index contributed by atoms with van der Waals surface area (Å²) in [6.45, 7) is 6.90. The molecule has 0 saturated carbocycles. The van der Waals surface area contributed by atoms with Gasteiger partial charge in [0.1, 0.15) is 0 Å². The van der Waals surface area contributed by atoms with E-state index in [9.17, 15) is 4.79 Å². The number of nitrogens with zero attached hydrogens (tertiary/aromatic N) is 2. The van der Waals surface area contributed by atoms with E-state index in [1.807, 2.05) is 26.0 Å². The van der Waals surface area contributed by atoms with E-state index in [0.29, 0.717) is 18.5 Å². The van der Waals surface area contributed by atoms with Crippen LogP contribution in [-0.2, 0) is 9.53 Å². The van der Waals surface area contributed by atoms with Gasteiger partial charge in [0.15, 0.2) is 5.96 Å². The summed E-state index contributed by atoms with van der Waals surface area (Å²) in [5.74, 6) is 0.672. The Morgan fingerprint density at radius 1 is 1.41 bits per heavy atom. The van der Waals surface area contributed by atoms with Crippen molar-refractivity contribution < 1.29 is 9.53 Å². The lowest BCUT2D eigenvalue weighted by atomic mass is 9.85. The number of likely N-dealkylation sites (tertiary alicyclic amines) is 1. The summed E-state index contributed by atoms with van der Waals surface area (Å²) in [7, 11) is 3.58. The van der Waals surface area contributed by atoms with Crippen LogP contribution in [-0.4, -0.2) is 57.2 Å². The number of rotatable bonds is 7. The number of ether oxygens (including phenoxy) is 1. The van der Waals surface area contributed by atoms with Crippen molar-refractivity contribution in [3.8, 4) is 0 Å². The van der Waals surface area contributed by atoms with Gasteiger partial charge in [-0.25, -0.2) is 0 Å². The van der Waals surface area contributed by atoms with Crippen LogP contribution in [0.5, 0.6) is 0 Å². The third-order valence-corrected chi connectivity index (χ3v) is 5.44. The quantitative estimate of drug-likeness (QED) is 0.241. The number of benzene rings is 1. The molecular formula is C21H34ClIN4O2. The minimum Gasteiger partial charge on any atom is -0.469 e. The number of methoxy groups -OCH3 is 1. The summed E-state index contributed by atoms with van der Waals surface area (Å²) in [5, 5.41) is 7.50. The lowest BCUT2D eigenvalue weighted by Crippen LogP contribution is -2.45. The second-order valence-corrected chi connectivity index (χ2v) is 7.84. The molecule has 1 heterocycles. The van der Waals surface area contributed by atoms with Crippen molar-refractivity contribution in [1.82, 2.24) is 15.5 Å². The van der Waals surface area contributed by atoms with Gasteiger partial charge in [0.05, 0.1) is 19.6 Å². The molecule has 0 radical (unpaired) electrons. The molecule has 0 aromatic heterocycles. The van der Waals surface area contributed by atoms with Gasteiger partial charge in [-0.15, -0.1) is 24.0 Å². The van der Waals surface area contributed by atoms with E-state index in [-0.39, 0.29) is 35.9 Å². The Hall–Kier alpha value is -1.06. The summed E-state index contributed by atoms with van der Waals surface area (Å²) in [5.41, 5.74) is 1.25. The number of halogens is 2. The van der Waals surface area contributed by atoms with Crippen LogP contribution in [0.2, 0.25) is 5.02 Å². The minimum absolute atomic E-state index is 0. The molecule has 3 atom stereocenters. The molecule has 1 aliphatic heterocycles. The first kappa shape index (κ1) is 26.0. The number of piperidine rings is 1. The molecule has 0 bridgehead atoms. The Balaban J connectivity index is 0.00000420. The van der Waals surface area contributed by atoms with Crippen LogP contribution in [0.25, 0.3) is 0 Å². The lowest BCUT2D eigenvalue weighted by Gasteiger charge is -2.40. The van der Waals surface area contributed by atoms with Gasteiger partial charge in [-0.05, 0) is 57.0 Å². The van der Waals surface area contributed by atoms with Crippen LogP contribution in [0.1, 0.15) is 38.3 Å². The van der Waals surface area contributed by atoms with Crippen molar-refractivity contribution in [2.75, 3.05) is 40.3 Å². The largest absolute Gasteiger partial charge is 0.469 e. The SMILES string of the molecule is CCNC(=NCC(C)C(=O)OC)NCC1CCCN(C)C1c1cccc(Cl)c1.I. The second-order valence-electron chi connectivity index (χ2n) is 7.41. The normalized spacial score (nSPS) is 21.1. The molecule has 1 aromatic carbocycles. The molecule has 1 fully saturated rings. The fourth-order valence-corrected chi connectivity index (χ4v) is 3.96. The Labute approximate surface area is 196 Å². The number of esters is 1. The van der Waals surface area contributed by atoms with Crippen LogP contribution in [0.4, 0.5) is 0 Å². The van der Waals surface area contributed by atoms with Gasteiger partial charge in [0.2, 0.25) is 0 Å². The van der Waals surface area contributed by atoms with Crippen molar-refractivity contribution in [1.29, 1.82) is 0 Å². The van der Waals surface area contributed by atoms with Gasteiger partial charge in [0, 0.05) is 24.2 Å². The maximum atomic E-state index is 11.6. The van der Waals surface area contributed by atoms with Gasteiger partial charge in [-0.2, -0.15) is 0 Å². The van der Waals surface area contributed by atoms with Crippen molar-refractivity contribution in [3.63, 3.8) is 0 Å². The fraction of sp³-hybridized carbons (Fsp3) is 0.619. The number of carbonyl (C=O) groups excluding carboxylic acids is 1. The molecule has 1 saturated heterocycles. The third kappa shape index (κ3) is 7.94. The molecule has 2 rings (SSSR count). The summed E-state index contributed by atoms with van der Waals surface area (Å²) in [6.07, 6.45) is 2.32. The van der Waals surface area contributed by atoms with Crippen molar-refractivity contribution >= 4 is 47.5 Å². The van der Waals surface area contributed by atoms with Crippen LogP contribution in [0.15, 0.2) is 29.3 Å². The molecule has 0 aliphatic carbocycles. The van der Waals surface area contributed by atoms with E-state index in [4.69, 9.17) is 16.3 Å². The predicted molar refractivity (Wildman–Crippen MR) is 130 cm³/mol. The van der Waals surface area contributed by atoms with Crippen LogP contribution < -0.4 is 10.6 Å². The Morgan fingerprint density at radius 3 is 2.83 bits per heavy atom. The zero-order valence-electron chi connectivity index (χ0n) is 17.8. The van der Waals surface area contributed by atoms with Crippen molar-refractivity contribution in [2.45, 2.75) is 32.7 Å². The number of hydrogen-bond donors (Lipinski definition) is 2. The predicted octanol–water partition coefficient (Wildman–Crippen LogP) is 3.71. The minimum atomic E-state index is -0.263. The maximum absolute atomic E-state index is 11.6. The first-order valence-electron chi connectivity index (χ1n) is 10.0. The zero-order valence-corrected chi connectivity index (χ0v) is 20.9. The molecule has 3 unspecified atom stereocenters. The third-order valence-electron chi connectivity index (χ3n) is 5.20. The number of nitrogens with one attached hydrogen (secondary N) is 2. The molecule has 29 heavy (non-hydrogen) atoms. The van der Waals surface area contributed by atoms with E-state index < -0.39 is 0 Å². The number of guanidine groups is 1. The Morgan fingerprint density at radius 2 is 2.17 bits per heavy atom. The number of carbonyl (C=O) groups is 1. The fourth-order valence-electron chi connectivity index (χ4n) is 3.76. The molecule has 0 spiro atoms. The summed E-state index contributed by atoms with van der Waals surface area (Å²) >= 11 is 6.24. The van der Waals surface area contributed by atoms with Gasteiger partial charge in [-0.3, -0.25) is 14.7 Å². The molecule has 1 aromatic rings. The van der Waals surface area contributed by atoms with E-state index in [1.54, 1.807) is 0 Å². The smallest absolute Gasteiger partial charge is 0.310 e. The number of hydrogen-bond acceptors (Lipinski definition) is 4. The van der Waals surface area contributed by atoms with E-state index in [1.165, 1.54) is 19.1 Å². The average molecular weight is 537 g/mol. The Kier molecular flexibility index (Phi) is 11.9. The molecule has 164 valence electrons. The lowest BCUT2D eigenvalue weighted by molar-refractivity contribution is -0.144. The zero-order chi connectivity index (χ0) is 20.5. The first-order valence-corrected chi connectivity index (χ1v) is 10.4. The first-order chi connectivity index (χ1) is 13.5. The van der Waals surface area contributed by atoms with Gasteiger partial charge in [-0.1, -0.05) is 30.7 Å². The monoisotopic (exact) mass is 536 g/mol. The van der Waals surface area contributed by atoms with Crippen molar-refractivity contribution in [2.24, 2.45) is 16.8 Å². The molecule has 6 nitrogen and oxygen atoms in total. The maximum Gasteiger partial charge on any atom is 0.310 e. The van der Waals surface area contributed by atoms with Crippen molar-refractivity contribution in [3.05, 3.63) is 34.9 Å². The molecule has 1 aliphatic rings. The highest BCUT2D eigenvalue weighted by atomic mass is 127. The van der Waals surface area contributed by atoms with Crippen LogP contribution in [0, 0.1) is 11.8 Å². The van der Waals surface area contributed by atoms with Crippen LogP contribution in [0.3, 0.4) is 0 Å². The number of aliphatic imine (C=N–C) groups is 1. The molecule has 8 heteroatoms. The highest BCUT2D eigenvalue weighted by molar-refractivity contribution is 14.0. The topological polar surface area (TPSA) is 66.0 Å². The standard InChI is InChI=1S/C21H33ClN4O2.HI/c1-5-23-21(24-13-15(2)20(27)28-4)25-14-17-9-7-11-26(3)19(17)16-8-6-10-18(22)12-16;/h6,8,10,12,15,17,19H,5,7,9,11,13-14H2,1-4H3,(H2,23,24,25);1H. The van der Waals surface area contributed by atoms with Gasteiger partial charge in [0.25, 0.3) is 0 Å². The second kappa shape index (κ2) is 13.3. The Bertz CT molecular complexity index is 674. The van der Waals surface area contributed by atoms with E-state index >= 15 is 0 Å². The molecular weight excluding hydrogens is 503 g/mol. The summed E-state index contributed by atoms with van der Waals surface area (Å²) in [6, 6.07) is 8.47. The van der Waals surface area contributed by atoms with Gasteiger partial charge < -0.3 is 15.4 Å². The highest BCUT2D eigenvalue weighted by Gasteiger charge is 2.30. The summed E-state index contributed by atoms with van der Waals surface area (Å²) < 4.78 is 4.78. The average Bonchev–Trinajstić information content (AvgIpc) is 2.69. The van der Waals surface area contributed by atoms with Gasteiger partial charge >= 0.3 is 5.97 Å². The molecule has 2 N–H and O–H groups in total. The molecule has 0 amide bonds. The van der Waals surface area contributed by atoms with Crippen LogP contribution >= 0.6 is 35.6 Å². The summed E-state index contributed by atoms with van der Waals surface area (Å²) in [4.78, 5) is 18.6. The highest BCUT2D eigenvalue weighted by Crippen LogP contribution is 2.35.